The fourth-order valence-corrected chi connectivity index (χ4v) is 3.28. The number of fused-ring (bicyclic) bond motifs is 1. The number of benzene rings is 2. The van der Waals surface area contributed by atoms with E-state index in [1.54, 1.807) is 60.6 Å². The molecule has 0 bridgehead atoms. The van der Waals surface area contributed by atoms with Gasteiger partial charge in [-0.25, -0.2) is 4.79 Å². The molecule has 2 amide bonds. The van der Waals surface area contributed by atoms with Gasteiger partial charge in [0, 0.05) is 31.0 Å². The van der Waals surface area contributed by atoms with Crippen molar-refractivity contribution in [3.8, 4) is 11.4 Å². The lowest BCUT2D eigenvalue weighted by Gasteiger charge is -2.32. The van der Waals surface area contributed by atoms with Crippen LogP contribution >= 0.6 is 0 Å². The van der Waals surface area contributed by atoms with Crippen molar-refractivity contribution < 1.29 is 14.3 Å². The average Bonchev–Trinajstić information content (AvgIpc) is 3.14. The maximum atomic E-state index is 12.5. The fourth-order valence-electron chi connectivity index (χ4n) is 3.28. The summed E-state index contributed by atoms with van der Waals surface area (Å²) in [5.74, 6) is 0.225. The molecule has 2 N–H and O–H groups in total. The average molecular weight is 392 g/mol. The Hall–Kier alpha value is -3.81. The normalized spacial score (nSPS) is 15.6. The number of hydrogen-bond donors (Lipinski definition) is 2. The molecule has 29 heavy (non-hydrogen) atoms. The van der Waals surface area contributed by atoms with Crippen molar-refractivity contribution in [2.45, 2.75) is 19.4 Å². The number of imidazole rings is 1. The van der Waals surface area contributed by atoms with Gasteiger partial charge in [0.25, 0.3) is 5.91 Å². The van der Waals surface area contributed by atoms with E-state index in [1.807, 2.05) is 12.1 Å². The molecule has 0 fully saturated rings. The Labute approximate surface area is 166 Å². The molecule has 0 saturated carbocycles. The molecular formula is C21H20N4O4. The second-order valence-corrected chi connectivity index (χ2v) is 6.70. The van der Waals surface area contributed by atoms with E-state index < -0.39 is 6.10 Å². The summed E-state index contributed by atoms with van der Waals surface area (Å²) in [4.78, 5) is 40.9. The summed E-state index contributed by atoms with van der Waals surface area (Å²) in [6.45, 7) is 1.94. The van der Waals surface area contributed by atoms with E-state index in [0.717, 1.165) is 0 Å². The van der Waals surface area contributed by atoms with Crippen LogP contribution in [0.2, 0.25) is 0 Å². The Balaban J connectivity index is 1.44. The number of carbonyl (C=O) groups is 2. The predicted molar refractivity (Wildman–Crippen MR) is 109 cm³/mol. The van der Waals surface area contributed by atoms with Crippen LogP contribution in [0.5, 0.6) is 5.75 Å². The van der Waals surface area contributed by atoms with Crippen LogP contribution in [0, 0.1) is 0 Å². The number of carbonyl (C=O) groups excluding carboxylic acids is 2. The molecule has 1 atom stereocenters. The van der Waals surface area contributed by atoms with E-state index in [-0.39, 0.29) is 30.5 Å². The van der Waals surface area contributed by atoms with Gasteiger partial charge in [0.2, 0.25) is 5.91 Å². The molecule has 8 heteroatoms. The molecule has 1 aliphatic heterocycles. The van der Waals surface area contributed by atoms with Crippen LogP contribution in [-0.2, 0) is 9.59 Å². The minimum Gasteiger partial charge on any atom is -0.479 e. The van der Waals surface area contributed by atoms with E-state index >= 15 is 0 Å². The van der Waals surface area contributed by atoms with Gasteiger partial charge in [-0.2, -0.15) is 0 Å². The first kappa shape index (κ1) is 18.5. The highest BCUT2D eigenvalue weighted by Crippen LogP contribution is 2.33. The minimum absolute atomic E-state index is 0.126. The van der Waals surface area contributed by atoms with Gasteiger partial charge in [-0.3, -0.25) is 14.2 Å². The Morgan fingerprint density at radius 3 is 2.79 bits per heavy atom. The molecule has 0 radical (unpaired) electrons. The molecule has 148 valence electrons. The van der Waals surface area contributed by atoms with E-state index in [1.165, 1.54) is 4.57 Å². The lowest BCUT2D eigenvalue weighted by atomic mass is 10.1. The number of nitrogens with one attached hydrogen (secondary N) is 2. The second kappa shape index (κ2) is 7.67. The zero-order valence-electron chi connectivity index (χ0n) is 15.8. The number of amides is 2. The zero-order valence-corrected chi connectivity index (χ0v) is 15.8. The number of anilines is 2. The van der Waals surface area contributed by atoms with E-state index in [0.29, 0.717) is 22.8 Å². The predicted octanol–water partition coefficient (Wildman–Crippen LogP) is 2.31. The van der Waals surface area contributed by atoms with Crippen LogP contribution < -0.4 is 20.6 Å². The van der Waals surface area contributed by atoms with Crippen molar-refractivity contribution in [3.63, 3.8) is 0 Å². The van der Waals surface area contributed by atoms with Gasteiger partial charge in [0.05, 0.1) is 11.4 Å². The van der Waals surface area contributed by atoms with Crippen LogP contribution in [-0.4, -0.2) is 34.0 Å². The van der Waals surface area contributed by atoms with Crippen molar-refractivity contribution in [3.05, 3.63) is 71.4 Å². The fraction of sp³-hybridized carbons (Fsp3) is 0.190. The molecule has 2 heterocycles. The number of ether oxygens (including phenoxy) is 1. The van der Waals surface area contributed by atoms with Crippen molar-refractivity contribution in [2.24, 2.45) is 0 Å². The van der Waals surface area contributed by atoms with Gasteiger partial charge in [0.15, 0.2) is 6.10 Å². The first-order valence-corrected chi connectivity index (χ1v) is 9.26. The molecule has 4 rings (SSSR count). The molecule has 1 aromatic heterocycles. The summed E-state index contributed by atoms with van der Waals surface area (Å²) in [6, 6.07) is 14.3. The summed E-state index contributed by atoms with van der Waals surface area (Å²) in [7, 11) is 0. The standard InChI is InChI=1S/C21H20N4O4/c1-14-20(27)25(17-7-2-3-8-18(17)29-14)11-9-19(26)23-15-5-4-6-16(13-15)24-12-10-22-21(24)28/h2-8,10,12-14H,9,11H2,1H3,(H,22,28)(H,23,26)/t14-/m0/s1. The first-order valence-electron chi connectivity index (χ1n) is 9.26. The number of aromatic amines is 1. The monoisotopic (exact) mass is 392 g/mol. The number of para-hydroxylation sites is 2. The molecule has 0 aliphatic carbocycles. The Kier molecular flexibility index (Phi) is 4.90. The number of nitrogens with zero attached hydrogens (tertiary/aromatic N) is 2. The van der Waals surface area contributed by atoms with E-state index in [4.69, 9.17) is 4.74 Å². The lowest BCUT2D eigenvalue weighted by Crippen LogP contribution is -2.45. The molecule has 0 unspecified atom stereocenters. The summed E-state index contributed by atoms with van der Waals surface area (Å²) >= 11 is 0. The van der Waals surface area contributed by atoms with Crippen molar-refractivity contribution in [1.82, 2.24) is 9.55 Å². The minimum atomic E-state index is -0.593. The zero-order chi connectivity index (χ0) is 20.4. The summed E-state index contributed by atoms with van der Waals surface area (Å²) in [5, 5.41) is 2.82. The molecule has 0 saturated heterocycles. The van der Waals surface area contributed by atoms with Gasteiger partial charge < -0.3 is 19.9 Å². The molecule has 1 aliphatic rings. The second-order valence-electron chi connectivity index (χ2n) is 6.70. The molecular weight excluding hydrogens is 372 g/mol. The smallest absolute Gasteiger partial charge is 0.330 e. The third kappa shape index (κ3) is 3.77. The summed E-state index contributed by atoms with van der Waals surface area (Å²) < 4.78 is 7.06. The third-order valence-electron chi connectivity index (χ3n) is 4.69. The number of hydrogen-bond acceptors (Lipinski definition) is 4. The Morgan fingerprint density at radius 1 is 1.17 bits per heavy atom. The van der Waals surface area contributed by atoms with Crippen LogP contribution in [0.1, 0.15) is 13.3 Å². The largest absolute Gasteiger partial charge is 0.479 e. The quantitative estimate of drug-likeness (QED) is 0.696. The van der Waals surface area contributed by atoms with Crippen LogP contribution in [0.4, 0.5) is 11.4 Å². The highest BCUT2D eigenvalue weighted by Gasteiger charge is 2.31. The van der Waals surface area contributed by atoms with Crippen LogP contribution in [0.3, 0.4) is 0 Å². The van der Waals surface area contributed by atoms with Crippen LogP contribution in [0.25, 0.3) is 5.69 Å². The summed E-state index contributed by atoms with van der Waals surface area (Å²) in [6.07, 6.45) is 2.70. The topological polar surface area (TPSA) is 96.4 Å². The first-order chi connectivity index (χ1) is 14.0. The van der Waals surface area contributed by atoms with Crippen molar-refractivity contribution >= 4 is 23.2 Å². The summed E-state index contributed by atoms with van der Waals surface area (Å²) in [5.41, 5.74) is 1.62. The Morgan fingerprint density at radius 2 is 2.00 bits per heavy atom. The maximum absolute atomic E-state index is 12.5. The van der Waals surface area contributed by atoms with E-state index in [2.05, 4.69) is 10.3 Å². The van der Waals surface area contributed by atoms with Crippen molar-refractivity contribution in [2.75, 3.05) is 16.8 Å². The molecule has 3 aromatic rings. The Bertz CT molecular complexity index is 1120. The SMILES string of the molecule is C[C@@H]1Oc2ccccc2N(CCC(=O)Nc2cccc(-n3cc[nH]c3=O)c2)C1=O. The molecule has 0 spiro atoms. The van der Waals surface area contributed by atoms with Gasteiger partial charge in [0.1, 0.15) is 5.75 Å². The number of aromatic nitrogens is 2. The van der Waals surface area contributed by atoms with Gasteiger partial charge in [-0.15, -0.1) is 0 Å². The molecule has 8 nitrogen and oxygen atoms in total. The van der Waals surface area contributed by atoms with Gasteiger partial charge >= 0.3 is 5.69 Å². The number of rotatable bonds is 5. The van der Waals surface area contributed by atoms with Crippen molar-refractivity contribution in [1.29, 1.82) is 0 Å². The molecule has 2 aromatic carbocycles. The van der Waals surface area contributed by atoms with Gasteiger partial charge in [-0.1, -0.05) is 18.2 Å². The highest BCUT2D eigenvalue weighted by atomic mass is 16.5. The highest BCUT2D eigenvalue weighted by molar-refractivity contribution is 6.00. The van der Waals surface area contributed by atoms with Crippen LogP contribution in [0.15, 0.2) is 65.7 Å². The maximum Gasteiger partial charge on any atom is 0.330 e. The lowest BCUT2D eigenvalue weighted by molar-refractivity contribution is -0.125. The third-order valence-corrected chi connectivity index (χ3v) is 4.69. The number of H-pyrrole nitrogens is 1. The van der Waals surface area contributed by atoms with E-state index in [9.17, 15) is 14.4 Å². The van der Waals surface area contributed by atoms with Gasteiger partial charge in [-0.05, 0) is 37.3 Å².